The van der Waals surface area contributed by atoms with Crippen LogP contribution in [0.15, 0.2) is 24.3 Å². The van der Waals surface area contributed by atoms with Crippen molar-refractivity contribution in [2.45, 2.75) is 27.2 Å². The van der Waals surface area contributed by atoms with E-state index in [0.29, 0.717) is 22.8 Å². The number of halogens is 1. The van der Waals surface area contributed by atoms with Gasteiger partial charge in [0.2, 0.25) is 5.82 Å². The van der Waals surface area contributed by atoms with Crippen LogP contribution in [0.25, 0.3) is 5.69 Å². The molecule has 6 nitrogen and oxygen atoms in total. The summed E-state index contributed by atoms with van der Waals surface area (Å²) in [5.41, 5.74) is 6.63. The summed E-state index contributed by atoms with van der Waals surface area (Å²) >= 11 is 5.95. The number of nitrogen functional groups attached to an aromatic ring is 1. The molecule has 0 saturated carbocycles. The number of rotatable bonds is 3. The van der Waals surface area contributed by atoms with Crippen molar-refractivity contribution in [2.24, 2.45) is 5.41 Å². The van der Waals surface area contributed by atoms with Gasteiger partial charge in [0.05, 0.1) is 10.6 Å². The van der Waals surface area contributed by atoms with Gasteiger partial charge in [-0.3, -0.25) is 10.1 Å². The van der Waals surface area contributed by atoms with Crippen molar-refractivity contribution in [3.8, 4) is 5.69 Å². The number of nitrogens with two attached hydrogens (primary N) is 1. The van der Waals surface area contributed by atoms with Crippen molar-refractivity contribution in [2.75, 3.05) is 5.73 Å². The van der Waals surface area contributed by atoms with Crippen LogP contribution in [-0.4, -0.2) is 14.7 Å². The third-order valence-corrected chi connectivity index (χ3v) is 3.13. The number of hydrogen-bond donors (Lipinski definition) is 1. The van der Waals surface area contributed by atoms with E-state index in [1.807, 2.05) is 20.8 Å². The molecule has 21 heavy (non-hydrogen) atoms. The first-order valence-corrected chi connectivity index (χ1v) is 6.84. The molecule has 0 fully saturated rings. The number of nitrogens with zero attached hydrogens (tertiary/aromatic N) is 3. The van der Waals surface area contributed by atoms with Gasteiger partial charge in [-0.05, 0) is 23.6 Å². The van der Waals surface area contributed by atoms with E-state index in [1.54, 1.807) is 24.3 Å². The molecule has 0 spiro atoms. The maximum absolute atomic E-state index is 11.3. The number of benzene rings is 1. The summed E-state index contributed by atoms with van der Waals surface area (Å²) in [5, 5.41) is 16.1. The smallest absolute Gasteiger partial charge is 0.334 e. The molecule has 0 aliphatic rings. The molecule has 1 aromatic carbocycles. The first-order chi connectivity index (χ1) is 9.69. The van der Waals surface area contributed by atoms with Crippen LogP contribution in [0, 0.1) is 15.5 Å². The molecule has 0 amide bonds. The highest BCUT2D eigenvalue weighted by Gasteiger charge is 2.29. The highest BCUT2D eigenvalue weighted by Crippen LogP contribution is 2.33. The third kappa shape index (κ3) is 3.33. The number of anilines is 1. The molecule has 0 atom stereocenters. The summed E-state index contributed by atoms with van der Waals surface area (Å²) in [6.45, 7) is 5.97. The van der Waals surface area contributed by atoms with E-state index in [1.165, 1.54) is 4.68 Å². The summed E-state index contributed by atoms with van der Waals surface area (Å²) in [5.74, 6) is 0.0153. The minimum atomic E-state index is -0.482. The first-order valence-electron chi connectivity index (χ1n) is 6.47. The minimum Gasteiger partial charge on any atom is -0.378 e. The van der Waals surface area contributed by atoms with Gasteiger partial charge >= 0.3 is 5.69 Å². The Kier molecular flexibility index (Phi) is 3.91. The quantitative estimate of drug-likeness (QED) is 0.693. The van der Waals surface area contributed by atoms with Crippen LogP contribution >= 0.6 is 11.6 Å². The van der Waals surface area contributed by atoms with E-state index in [2.05, 4.69) is 5.10 Å². The Bertz CT molecular complexity index is 689. The maximum Gasteiger partial charge on any atom is 0.334 e. The first kappa shape index (κ1) is 15.3. The van der Waals surface area contributed by atoms with Crippen molar-refractivity contribution in [3.05, 3.63) is 45.1 Å². The predicted molar refractivity (Wildman–Crippen MR) is 82.8 cm³/mol. The Hall–Kier alpha value is -2.08. The second kappa shape index (κ2) is 5.37. The van der Waals surface area contributed by atoms with Crippen LogP contribution in [-0.2, 0) is 6.42 Å². The molecule has 2 N–H and O–H groups in total. The van der Waals surface area contributed by atoms with E-state index in [-0.39, 0.29) is 16.9 Å². The van der Waals surface area contributed by atoms with Crippen LogP contribution in [0.1, 0.15) is 26.5 Å². The Labute approximate surface area is 127 Å². The predicted octanol–water partition coefficient (Wildman–Crippen LogP) is 3.60. The van der Waals surface area contributed by atoms with E-state index in [4.69, 9.17) is 17.3 Å². The zero-order valence-corrected chi connectivity index (χ0v) is 12.9. The monoisotopic (exact) mass is 308 g/mol. The van der Waals surface area contributed by atoms with Gasteiger partial charge in [-0.1, -0.05) is 38.4 Å². The van der Waals surface area contributed by atoms with Gasteiger partial charge in [0.15, 0.2) is 0 Å². The standard InChI is InChI=1S/C14H17ClN4O2/c1-14(2,3)8-11-12(19(20)21)13(16)18(17-11)10-6-4-5-9(15)7-10/h4-7H,8,16H2,1-3H3. The fraction of sp³-hybridized carbons (Fsp3) is 0.357. The van der Waals surface area contributed by atoms with Crippen LogP contribution < -0.4 is 5.73 Å². The van der Waals surface area contributed by atoms with Gasteiger partial charge in [0, 0.05) is 11.4 Å². The SMILES string of the molecule is CC(C)(C)Cc1nn(-c2cccc(Cl)c2)c(N)c1[N+](=O)[O-]. The van der Waals surface area contributed by atoms with Gasteiger partial charge < -0.3 is 5.73 Å². The van der Waals surface area contributed by atoms with Crippen LogP contribution in [0.2, 0.25) is 5.02 Å². The van der Waals surface area contributed by atoms with Crippen molar-refractivity contribution >= 4 is 23.1 Å². The van der Waals surface area contributed by atoms with E-state index in [0.717, 1.165) is 0 Å². The van der Waals surface area contributed by atoms with Gasteiger partial charge in [-0.2, -0.15) is 5.10 Å². The molecule has 0 unspecified atom stereocenters. The maximum atomic E-state index is 11.3. The molecule has 2 rings (SSSR count). The van der Waals surface area contributed by atoms with Gasteiger partial charge in [-0.15, -0.1) is 0 Å². The number of nitro groups is 1. The second-order valence-corrected chi connectivity index (χ2v) is 6.50. The lowest BCUT2D eigenvalue weighted by Gasteiger charge is -2.15. The van der Waals surface area contributed by atoms with Crippen LogP contribution in [0.3, 0.4) is 0 Å². The summed E-state index contributed by atoms with van der Waals surface area (Å²) in [6, 6.07) is 6.87. The van der Waals surface area contributed by atoms with Crippen molar-refractivity contribution in [1.29, 1.82) is 0 Å². The zero-order chi connectivity index (χ0) is 15.8. The topological polar surface area (TPSA) is 87.0 Å². The lowest BCUT2D eigenvalue weighted by atomic mass is 9.90. The highest BCUT2D eigenvalue weighted by molar-refractivity contribution is 6.30. The molecular formula is C14H17ClN4O2. The molecule has 2 aromatic rings. The lowest BCUT2D eigenvalue weighted by Crippen LogP contribution is -2.11. The molecule has 0 saturated heterocycles. The van der Waals surface area contributed by atoms with Crippen molar-refractivity contribution < 1.29 is 4.92 Å². The number of hydrogen-bond acceptors (Lipinski definition) is 4. The summed E-state index contributed by atoms with van der Waals surface area (Å²) < 4.78 is 1.37. The largest absolute Gasteiger partial charge is 0.378 e. The Morgan fingerprint density at radius 3 is 2.62 bits per heavy atom. The molecular weight excluding hydrogens is 292 g/mol. The molecule has 1 heterocycles. The Balaban J connectivity index is 2.59. The van der Waals surface area contributed by atoms with Crippen LogP contribution in [0.5, 0.6) is 0 Å². The fourth-order valence-corrected chi connectivity index (χ4v) is 2.28. The van der Waals surface area contributed by atoms with Crippen molar-refractivity contribution in [3.63, 3.8) is 0 Å². The van der Waals surface area contributed by atoms with Crippen molar-refractivity contribution in [1.82, 2.24) is 9.78 Å². The molecule has 1 aromatic heterocycles. The van der Waals surface area contributed by atoms with Crippen LogP contribution in [0.4, 0.5) is 11.5 Å². The summed E-state index contributed by atoms with van der Waals surface area (Å²) in [7, 11) is 0. The highest BCUT2D eigenvalue weighted by atomic mass is 35.5. The Morgan fingerprint density at radius 1 is 1.43 bits per heavy atom. The van der Waals surface area contributed by atoms with Gasteiger partial charge in [0.1, 0.15) is 5.69 Å². The average Bonchev–Trinajstić information content (AvgIpc) is 2.63. The van der Waals surface area contributed by atoms with E-state index in [9.17, 15) is 10.1 Å². The Morgan fingerprint density at radius 2 is 2.10 bits per heavy atom. The normalized spacial score (nSPS) is 11.6. The molecule has 0 aliphatic carbocycles. The molecule has 0 radical (unpaired) electrons. The van der Waals surface area contributed by atoms with E-state index < -0.39 is 4.92 Å². The fourth-order valence-electron chi connectivity index (χ4n) is 2.10. The minimum absolute atomic E-state index is 0.0153. The van der Waals surface area contributed by atoms with Gasteiger partial charge in [-0.25, -0.2) is 4.68 Å². The second-order valence-electron chi connectivity index (χ2n) is 6.07. The molecule has 112 valence electrons. The van der Waals surface area contributed by atoms with E-state index >= 15 is 0 Å². The average molecular weight is 309 g/mol. The summed E-state index contributed by atoms with van der Waals surface area (Å²) in [4.78, 5) is 10.8. The number of aromatic nitrogens is 2. The zero-order valence-electron chi connectivity index (χ0n) is 12.1. The third-order valence-electron chi connectivity index (χ3n) is 2.90. The summed E-state index contributed by atoms with van der Waals surface area (Å²) in [6.07, 6.45) is 0.459. The lowest BCUT2D eigenvalue weighted by molar-refractivity contribution is -0.384. The molecule has 7 heteroatoms. The molecule has 0 bridgehead atoms. The molecule has 0 aliphatic heterocycles. The van der Waals surface area contributed by atoms with Gasteiger partial charge in [0.25, 0.3) is 0 Å².